The molecule has 0 spiro atoms. The van der Waals surface area contributed by atoms with Gasteiger partial charge in [0.1, 0.15) is 0 Å². The van der Waals surface area contributed by atoms with Crippen LogP contribution in [-0.4, -0.2) is 30.7 Å². The third-order valence-corrected chi connectivity index (χ3v) is 3.43. The topological polar surface area (TPSA) is 75.3 Å². The Hall–Kier alpha value is -2.95. The first-order valence-corrected chi connectivity index (χ1v) is 7.86. The summed E-state index contributed by atoms with van der Waals surface area (Å²) >= 11 is 0. The van der Waals surface area contributed by atoms with Crippen LogP contribution in [0.15, 0.2) is 54.6 Å². The molecule has 0 unspecified atom stereocenters. The Labute approximate surface area is 141 Å². The van der Waals surface area contributed by atoms with Crippen molar-refractivity contribution in [2.75, 3.05) is 13.1 Å². The molecule has 2 aromatic rings. The van der Waals surface area contributed by atoms with Gasteiger partial charge in [-0.1, -0.05) is 49.4 Å². The van der Waals surface area contributed by atoms with Crippen molar-refractivity contribution in [3.8, 4) is 0 Å². The second-order valence-corrected chi connectivity index (χ2v) is 5.31. The molecule has 0 bridgehead atoms. The summed E-state index contributed by atoms with van der Waals surface area (Å²) in [5.74, 6) is -0.664. The van der Waals surface area contributed by atoms with Gasteiger partial charge in [0.2, 0.25) is 5.91 Å². The highest BCUT2D eigenvalue weighted by Gasteiger charge is 2.11. The van der Waals surface area contributed by atoms with Crippen LogP contribution in [0.25, 0.3) is 0 Å². The number of amides is 2. The van der Waals surface area contributed by atoms with E-state index in [4.69, 9.17) is 0 Å². The van der Waals surface area contributed by atoms with Crippen molar-refractivity contribution in [1.29, 1.82) is 0 Å². The smallest absolute Gasteiger partial charge is 0.251 e. The van der Waals surface area contributed by atoms with Gasteiger partial charge in [0.15, 0.2) is 5.78 Å². The Morgan fingerprint density at radius 1 is 0.792 bits per heavy atom. The van der Waals surface area contributed by atoms with Crippen molar-refractivity contribution in [3.05, 3.63) is 71.3 Å². The van der Waals surface area contributed by atoms with Crippen LogP contribution in [0.2, 0.25) is 0 Å². The van der Waals surface area contributed by atoms with E-state index in [-0.39, 0.29) is 24.1 Å². The molecule has 0 aliphatic carbocycles. The van der Waals surface area contributed by atoms with Crippen LogP contribution in [0.3, 0.4) is 0 Å². The molecule has 124 valence electrons. The van der Waals surface area contributed by atoms with E-state index in [1.165, 1.54) is 0 Å². The molecular weight excluding hydrogens is 304 g/mol. The molecule has 2 amide bonds. The standard InChI is InChI=1S/C19H20N2O3/c1-2-12-20-17(22)13-21-19(24)16-10-8-15(9-11-16)18(23)14-6-4-3-5-7-14/h3-11H,2,12-13H2,1H3,(H,20,22)(H,21,24). The second kappa shape index (κ2) is 8.62. The van der Waals surface area contributed by atoms with Crippen molar-refractivity contribution in [1.82, 2.24) is 10.6 Å². The van der Waals surface area contributed by atoms with Crippen LogP contribution >= 0.6 is 0 Å². The maximum absolute atomic E-state index is 12.3. The Balaban J connectivity index is 1.95. The maximum Gasteiger partial charge on any atom is 0.251 e. The molecule has 2 aromatic carbocycles. The number of benzene rings is 2. The zero-order valence-electron chi connectivity index (χ0n) is 13.5. The summed E-state index contributed by atoms with van der Waals surface area (Å²) in [5, 5.41) is 5.24. The fourth-order valence-electron chi connectivity index (χ4n) is 2.12. The van der Waals surface area contributed by atoms with Crippen LogP contribution in [0.4, 0.5) is 0 Å². The first-order chi connectivity index (χ1) is 11.6. The molecule has 0 saturated carbocycles. The molecule has 0 atom stereocenters. The lowest BCUT2D eigenvalue weighted by atomic mass is 10.0. The van der Waals surface area contributed by atoms with Crippen molar-refractivity contribution < 1.29 is 14.4 Å². The van der Waals surface area contributed by atoms with Gasteiger partial charge in [-0.25, -0.2) is 0 Å². The van der Waals surface area contributed by atoms with Crippen LogP contribution in [0.1, 0.15) is 39.6 Å². The van der Waals surface area contributed by atoms with Gasteiger partial charge in [0, 0.05) is 23.2 Å². The molecule has 0 aliphatic rings. The number of hydrogen-bond acceptors (Lipinski definition) is 3. The van der Waals surface area contributed by atoms with E-state index in [1.807, 2.05) is 13.0 Å². The number of carbonyl (C=O) groups is 3. The third-order valence-electron chi connectivity index (χ3n) is 3.43. The van der Waals surface area contributed by atoms with Crippen molar-refractivity contribution >= 4 is 17.6 Å². The van der Waals surface area contributed by atoms with E-state index >= 15 is 0 Å². The Morgan fingerprint density at radius 3 is 2.00 bits per heavy atom. The summed E-state index contributed by atoms with van der Waals surface area (Å²) in [6.45, 7) is 2.48. The molecule has 0 saturated heterocycles. The van der Waals surface area contributed by atoms with Gasteiger partial charge in [-0.2, -0.15) is 0 Å². The molecule has 0 heterocycles. The maximum atomic E-state index is 12.3. The number of rotatable bonds is 7. The molecule has 2 rings (SSSR count). The molecular formula is C19H20N2O3. The average Bonchev–Trinajstić information content (AvgIpc) is 2.64. The van der Waals surface area contributed by atoms with E-state index in [9.17, 15) is 14.4 Å². The van der Waals surface area contributed by atoms with Crippen LogP contribution < -0.4 is 10.6 Å². The van der Waals surface area contributed by atoms with Gasteiger partial charge in [-0.3, -0.25) is 14.4 Å². The van der Waals surface area contributed by atoms with Gasteiger partial charge in [-0.05, 0) is 18.6 Å². The third kappa shape index (κ3) is 4.78. The minimum atomic E-state index is -0.347. The Morgan fingerprint density at radius 2 is 1.38 bits per heavy atom. The normalized spacial score (nSPS) is 10.0. The zero-order valence-corrected chi connectivity index (χ0v) is 13.5. The van der Waals surface area contributed by atoms with Crippen molar-refractivity contribution in [3.63, 3.8) is 0 Å². The molecule has 0 radical (unpaired) electrons. The number of ketones is 1. The number of nitrogens with one attached hydrogen (secondary N) is 2. The van der Waals surface area contributed by atoms with Gasteiger partial charge < -0.3 is 10.6 Å². The first-order valence-electron chi connectivity index (χ1n) is 7.86. The van der Waals surface area contributed by atoms with Crippen LogP contribution in [-0.2, 0) is 4.79 Å². The summed E-state index contributed by atoms with van der Waals surface area (Å²) in [4.78, 5) is 35.8. The van der Waals surface area contributed by atoms with Crippen molar-refractivity contribution in [2.45, 2.75) is 13.3 Å². The lowest BCUT2D eigenvalue weighted by Crippen LogP contribution is -2.37. The number of hydrogen-bond donors (Lipinski definition) is 2. The SMILES string of the molecule is CCCNC(=O)CNC(=O)c1ccc(C(=O)c2ccccc2)cc1. The molecule has 0 aromatic heterocycles. The predicted octanol–water partition coefficient (Wildman–Crippen LogP) is 2.17. The average molecular weight is 324 g/mol. The Kier molecular flexibility index (Phi) is 6.25. The van der Waals surface area contributed by atoms with E-state index in [0.29, 0.717) is 23.2 Å². The van der Waals surface area contributed by atoms with Gasteiger partial charge in [-0.15, -0.1) is 0 Å². The Bertz CT molecular complexity index is 709. The highest BCUT2D eigenvalue weighted by molar-refractivity contribution is 6.09. The van der Waals surface area contributed by atoms with E-state index in [0.717, 1.165) is 6.42 Å². The lowest BCUT2D eigenvalue weighted by Gasteiger charge is -2.07. The quantitative estimate of drug-likeness (QED) is 0.767. The van der Waals surface area contributed by atoms with Crippen molar-refractivity contribution in [2.24, 2.45) is 0 Å². The molecule has 0 fully saturated rings. The highest BCUT2D eigenvalue weighted by Crippen LogP contribution is 2.11. The summed E-state index contributed by atoms with van der Waals surface area (Å²) in [6, 6.07) is 15.3. The predicted molar refractivity (Wildman–Crippen MR) is 92.0 cm³/mol. The van der Waals surface area contributed by atoms with E-state index in [1.54, 1.807) is 48.5 Å². The summed E-state index contributed by atoms with van der Waals surface area (Å²) in [6.07, 6.45) is 0.844. The van der Waals surface area contributed by atoms with Gasteiger partial charge >= 0.3 is 0 Å². The zero-order chi connectivity index (χ0) is 17.4. The summed E-state index contributed by atoms with van der Waals surface area (Å²) < 4.78 is 0. The highest BCUT2D eigenvalue weighted by atomic mass is 16.2. The van der Waals surface area contributed by atoms with E-state index in [2.05, 4.69) is 10.6 Å². The van der Waals surface area contributed by atoms with E-state index < -0.39 is 0 Å². The molecule has 2 N–H and O–H groups in total. The largest absolute Gasteiger partial charge is 0.355 e. The fourth-order valence-corrected chi connectivity index (χ4v) is 2.12. The molecule has 5 heteroatoms. The number of carbonyl (C=O) groups excluding carboxylic acids is 3. The van der Waals surface area contributed by atoms with Crippen LogP contribution in [0.5, 0.6) is 0 Å². The summed E-state index contributed by atoms with van der Waals surface area (Å²) in [5.41, 5.74) is 1.52. The summed E-state index contributed by atoms with van der Waals surface area (Å²) in [7, 11) is 0. The van der Waals surface area contributed by atoms with Gasteiger partial charge in [0.25, 0.3) is 5.91 Å². The monoisotopic (exact) mass is 324 g/mol. The first kappa shape index (κ1) is 17.4. The molecule has 0 aliphatic heterocycles. The minimum Gasteiger partial charge on any atom is -0.355 e. The lowest BCUT2D eigenvalue weighted by molar-refractivity contribution is -0.120. The minimum absolute atomic E-state index is 0.0659. The second-order valence-electron chi connectivity index (χ2n) is 5.31. The van der Waals surface area contributed by atoms with Gasteiger partial charge in [0.05, 0.1) is 6.54 Å². The fraction of sp³-hybridized carbons (Fsp3) is 0.211. The molecule has 5 nitrogen and oxygen atoms in total. The van der Waals surface area contributed by atoms with Crippen LogP contribution in [0, 0.1) is 0 Å². The molecule has 24 heavy (non-hydrogen) atoms.